The van der Waals surface area contributed by atoms with Crippen molar-refractivity contribution in [1.29, 1.82) is 0 Å². The van der Waals surface area contributed by atoms with E-state index in [0.29, 0.717) is 28.1 Å². The Morgan fingerprint density at radius 2 is 2.14 bits per heavy atom. The number of aldehydes is 1. The zero-order valence-corrected chi connectivity index (χ0v) is 13.1. The Labute approximate surface area is 132 Å². The molecule has 1 N–H and O–H groups in total. The van der Waals surface area contributed by atoms with E-state index in [4.69, 9.17) is 8.92 Å². The van der Waals surface area contributed by atoms with E-state index in [0.717, 1.165) is 0 Å². The Hall–Kier alpha value is -2.18. The van der Waals surface area contributed by atoms with Crippen LogP contribution in [0, 0.1) is 0 Å². The minimum atomic E-state index is -1.85. The number of carbonyl (C=O) groups is 1. The molecule has 1 unspecified atom stereocenters. The topological polar surface area (TPSA) is 72.8 Å². The molecule has 1 rings (SSSR count). The summed E-state index contributed by atoms with van der Waals surface area (Å²) in [5.74, 6) is 0.452. The molecule has 0 spiro atoms. The lowest BCUT2D eigenvalue weighted by atomic mass is 10.0. The lowest BCUT2D eigenvalue weighted by Gasteiger charge is -2.15. The van der Waals surface area contributed by atoms with Gasteiger partial charge in [0.1, 0.15) is 6.29 Å². The predicted molar refractivity (Wildman–Crippen MR) is 85.9 cm³/mol. The molecule has 1 atom stereocenters. The normalized spacial score (nSPS) is 12.4. The Bertz CT molecular complexity index is 619. The van der Waals surface area contributed by atoms with E-state index in [1.54, 1.807) is 12.1 Å². The molecule has 6 heteroatoms. The molecular formula is C16H18O5S. The molecule has 5 nitrogen and oxygen atoms in total. The van der Waals surface area contributed by atoms with Crippen molar-refractivity contribution in [1.82, 2.24) is 0 Å². The monoisotopic (exact) mass is 322 g/mol. The highest BCUT2D eigenvalue weighted by Crippen LogP contribution is 2.35. The van der Waals surface area contributed by atoms with Crippen molar-refractivity contribution >= 4 is 17.4 Å². The largest absolute Gasteiger partial charge is 0.493 e. The molecule has 118 valence electrons. The van der Waals surface area contributed by atoms with Crippen molar-refractivity contribution in [3.05, 3.63) is 59.6 Å². The Morgan fingerprint density at radius 1 is 1.41 bits per heavy atom. The van der Waals surface area contributed by atoms with Crippen LogP contribution in [0.25, 0.3) is 0 Å². The van der Waals surface area contributed by atoms with E-state index in [-0.39, 0.29) is 18.8 Å². The van der Waals surface area contributed by atoms with Crippen LogP contribution in [0.4, 0.5) is 0 Å². The number of allylic oxidation sites excluding steroid dienone is 3. The van der Waals surface area contributed by atoms with Gasteiger partial charge >= 0.3 is 0 Å². The zero-order valence-electron chi connectivity index (χ0n) is 12.3. The minimum Gasteiger partial charge on any atom is -0.493 e. The number of ether oxygens (including phenoxy) is 1. The zero-order chi connectivity index (χ0) is 16.5. The standard InChI is InChI=1S/C16H18O5S/c1-4-6-13(5-2)22(19)21-16-14(11-18)12(9-10-17)7-8-15(16)20-3/h4-8,10,18H,1-2,9,11H2,3H3/b13-6+. The van der Waals surface area contributed by atoms with Gasteiger partial charge in [0.25, 0.3) is 0 Å². The summed E-state index contributed by atoms with van der Waals surface area (Å²) in [7, 11) is 1.43. The smallest absolute Gasteiger partial charge is 0.240 e. The lowest BCUT2D eigenvalue weighted by molar-refractivity contribution is -0.107. The summed E-state index contributed by atoms with van der Waals surface area (Å²) >= 11 is -1.85. The molecule has 0 saturated carbocycles. The Balaban J connectivity index is 3.31. The van der Waals surface area contributed by atoms with Gasteiger partial charge in [0.05, 0.1) is 18.6 Å². The van der Waals surface area contributed by atoms with E-state index in [9.17, 15) is 14.1 Å². The van der Waals surface area contributed by atoms with Crippen molar-refractivity contribution in [3.63, 3.8) is 0 Å². The molecule has 0 aliphatic rings. The molecule has 0 heterocycles. The van der Waals surface area contributed by atoms with Crippen molar-refractivity contribution < 1.29 is 23.0 Å². The van der Waals surface area contributed by atoms with Crippen LogP contribution in [0.1, 0.15) is 11.1 Å². The SMILES string of the molecule is C=C/C=C(\C=C)S(=O)Oc1c(OC)ccc(CC=O)c1CO. The second kappa shape index (κ2) is 8.96. The highest BCUT2D eigenvalue weighted by atomic mass is 32.2. The third kappa shape index (κ3) is 4.16. The number of benzene rings is 1. The molecule has 0 aliphatic heterocycles. The average molecular weight is 322 g/mol. The van der Waals surface area contributed by atoms with Crippen molar-refractivity contribution in [3.8, 4) is 11.5 Å². The van der Waals surface area contributed by atoms with E-state index in [1.165, 1.54) is 25.3 Å². The Kier molecular flexibility index (Phi) is 7.28. The van der Waals surface area contributed by atoms with Gasteiger partial charge in [0.2, 0.25) is 11.1 Å². The van der Waals surface area contributed by atoms with Crippen LogP contribution in [-0.4, -0.2) is 22.7 Å². The van der Waals surface area contributed by atoms with E-state index < -0.39 is 11.1 Å². The molecular weight excluding hydrogens is 304 g/mol. The first-order valence-corrected chi connectivity index (χ1v) is 7.48. The number of aliphatic hydroxyl groups is 1. The van der Waals surface area contributed by atoms with Crippen molar-refractivity contribution in [2.75, 3.05) is 7.11 Å². The highest BCUT2D eigenvalue weighted by molar-refractivity contribution is 7.84. The van der Waals surface area contributed by atoms with E-state index in [1.807, 2.05) is 0 Å². The molecule has 0 fully saturated rings. The molecule has 0 bridgehead atoms. The first-order chi connectivity index (χ1) is 10.6. The molecule has 1 aromatic carbocycles. The van der Waals surface area contributed by atoms with Gasteiger partial charge in [-0.25, -0.2) is 4.21 Å². The minimum absolute atomic E-state index is 0.111. The average Bonchev–Trinajstić information content (AvgIpc) is 2.53. The fraction of sp³-hybridized carbons (Fsp3) is 0.188. The van der Waals surface area contributed by atoms with Gasteiger partial charge in [-0.15, -0.1) is 0 Å². The summed E-state index contributed by atoms with van der Waals surface area (Å²) in [5.41, 5.74) is 0.944. The molecule has 0 aliphatic carbocycles. The van der Waals surface area contributed by atoms with Gasteiger partial charge < -0.3 is 18.8 Å². The van der Waals surface area contributed by atoms with E-state index in [2.05, 4.69) is 13.2 Å². The van der Waals surface area contributed by atoms with Crippen LogP contribution in [0.5, 0.6) is 11.5 Å². The summed E-state index contributed by atoms with van der Waals surface area (Å²) in [6.45, 7) is 6.71. The maximum Gasteiger partial charge on any atom is 0.240 e. The second-order valence-electron chi connectivity index (χ2n) is 4.09. The van der Waals surface area contributed by atoms with Gasteiger partial charge in [0, 0.05) is 12.0 Å². The van der Waals surface area contributed by atoms with Crippen LogP contribution in [-0.2, 0) is 28.9 Å². The Morgan fingerprint density at radius 3 is 2.64 bits per heavy atom. The van der Waals surface area contributed by atoms with Crippen LogP contribution in [0.2, 0.25) is 0 Å². The van der Waals surface area contributed by atoms with Crippen LogP contribution < -0.4 is 8.92 Å². The fourth-order valence-electron chi connectivity index (χ4n) is 1.79. The first kappa shape index (κ1) is 17.9. The summed E-state index contributed by atoms with van der Waals surface area (Å²) < 4.78 is 22.8. The number of carbonyl (C=O) groups excluding carboxylic acids is 1. The third-order valence-corrected chi connectivity index (χ3v) is 3.84. The fourth-order valence-corrected chi connectivity index (χ4v) is 2.56. The molecule has 0 saturated heterocycles. The molecule has 1 aromatic rings. The van der Waals surface area contributed by atoms with E-state index >= 15 is 0 Å². The lowest BCUT2D eigenvalue weighted by Crippen LogP contribution is -2.08. The maximum atomic E-state index is 12.2. The summed E-state index contributed by atoms with van der Waals surface area (Å²) in [4.78, 5) is 11.0. The van der Waals surface area contributed by atoms with Gasteiger partial charge in [0.15, 0.2) is 11.5 Å². The molecule has 0 radical (unpaired) electrons. The van der Waals surface area contributed by atoms with Gasteiger partial charge in [-0.2, -0.15) is 0 Å². The quantitative estimate of drug-likeness (QED) is 0.557. The van der Waals surface area contributed by atoms with Crippen molar-refractivity contribution in [2.24, 2.45) is 0 Å². The number of hydrogen-bond acceptors (Lipinski definition) is 5. The van der Waals surface area contributed by atoms with Crippen LogP contribution >= 0.6 is 0 Å². The van der Waals surface area contributed by atoms with Gasteiger partial charge in [-0.1, -0.05) is 25.3 Å². The second-order valence-corrected chi connectivity index (χ2v) is 5.20. The third-order valence-electron chi connectivity index (χ3n) is 2.84. The maximum absolute atomic E-state index is 12.2. The highest BCUT2D eigenvalue weighted by Gasteiger charge is 2.18. The molecule has 22 heavy (non-hydrogen) atoms. The van der Waals surface area contributed by atoms with Gasteiger partial charge in [-0.3, -0.25) is 0 Å². The predicted octanol–water partition coefficient (Wildman–Crippen LogP) is 2.23. The van der Waals surface area contributed by atoms with Crippen molar-refractivity contribution in [2.45, 2.75) is 13.0 Å². The number of rotatable bonds is 9. The number of hydrogen-bond donors (Lipinski definition) is 1. The van der Waals surface area contributed by atoms with Crippen LogP contribution in [0.3, 0.4) is 0 Å². The van der Waals surface area contributed by atoms with Crippen LogP contribution in [0.15, 0.2) is 48.4 Å². The first-order valence-electron chi connectivity index (χ1n) is 6.41. The van der Waals surface area contributed by atoms with Gasteiger partial charge in [-0.05, 0) is 23.8 Å². The number of aliphatic hydroxyl groups excluding tert-OH is 1. The molecule has 0 aromatic heterocycles. The number of methoxy groups -OCH3 is 1. The summed E-state index contributed by atoms with van der Waals surface area (Å²) in [6.07, 6.45) is 5.18. The summed E-state index contributed by atoms with van der Waals surface area (Å²) in [5, 5.41) is 9.56. The summed E-state index contributed by atoms with van der Waals surface area (Å²) in [6, 6.07) is 3.25. The molecule has 0 amide bonds.